The predicted molar refractivity (Wildman–Crippen MR) is 59.0 cm³/mol. The topological polar surface area (TPSA) is 33.3 Å². The van der Waals surface area contributed by atoms with Crippen molar-refractivity contribution in [2.75, 3.05) is 13.1 Å². The molecule has 1 unspecified atom stereocenters. The summed E-state index contributed by atoms with van der Waals surface area (Å²) >= 11 is 0. The molecule has 1 saturated heterocycles. The van der Waals surface area contributed by atoms with Crippen molar-refractivity contribution >= 4 is 0 Å². The summed E-state index contributed by atoms with van der Waals surface area (Å²) in [4.78, 5) is 0. The average molecular weight is 206 g/mol. The van der Waals surface area contributed by atoms with Gasteiger partial charge in [0.25, 0.3) is 0 Å². The third-order valence-corrected chi connectivity index (χ3v) is 3.51. The minimum absolute atomic E-state index is 0.236. The molecule has 82 valence electrons. The number of nitrogens with one attached hydrogen (secondary N) is 2. The molecule has 3 heteroatoms. The number of hydrogen-bond donors (Lipinski definition) is 2. The van der Waals surface area contributed by atoms with Crippen LogP contribution in [0.25, 0.3) is 0 Å². The van der Waals surface area contributed by atoms with Crippen LogP contribution in [-0.4, -0.2) is 19.3 Å². The lowest BCUT2D eigenvalue weighted by molar-refractivity contribution is 0.0626. The van der Waals surface area contributed by atoms with Gasteiger partial charge in [0.1, 0.15) is 5.76 Å². The molecule has 0 aromatic carbocycles. The molecule has 0 aromatic rings. The molecule has 3 rings (SSSR count). The van der Waals surface area contributed by atoms with Crippen molar-refractivity contribution in [3.63, 3.8) is 0 Å². The highest BCUT2D eigenvalue weighted by atomic mass is 16.5. The molecule has 2 aliphatic heterocycles. The van der Waals surface area contributed by atoms with Crippen molar-refractivity contribution in [1.29, 1.82) is 0 Å². The second-order valence-electron chi connectivity index (χ2n) is 4.55. The normalized spacial score (nSPS) is 31.1. The van der Waals surface area contributed by atoms with Gasteiger partial charge >= 0.3 is 0 Å². The second-order valence-corrected chi connectivity index (χ2v) is 4.55. The summed E-state index contributed by atoms with van der Waals surface area (Å²) in [5, 5.41) is 6.93. The Morgan fingerprint density at radius 2 is 2.13 bits per heavy atom. The zero-order valence-electron chi connectivity index (χ0n) is 8.96. The molecule has 0 aromatic heterocycles. The highest BCUT2D eigenvalue weighted by Crippen LogP contribution is 2.30. The van der Waals surface area contributed by atoms with Crippen LogP contribution in [0.5, 0.6) is 0 Å². The Labute approximate surface area is 90.6 Å². The van der Waals surface area contributed by atoms with Crippen molar-refractivity contribution in [3.8, 4) is 0 Å². The molecule has 0 saturated carbocycles. The lowest BCUT2D eigenvalue weighted by atomic mass is 9.96. The minimum Gasteiger partial charge on any atom is -0.469 e. The van der Waals surface area contributed by atoms with E-state index in [9.17, 15) is 0 Å². The Kier molecular flexibility index (Phi) is 2.41. The van der Waals surface area contributed by atoms with Gasteiger partial charge in [-0.25, -0.2) is 0 Å². The van der Waals surface area contributed by atoms with Crippen LogP contribution < -0.4 is 10.6 Å². The fourth-order valence-corrected chi connectivity index (χ4v) is 2.59. The maximum atomic E-state index is 5.96. The Bertz CT molecular complexity index is 303. The van der Waals surface area contributed by atoms with Crippen LogP contribution in [-0.2, 0) is 4.74 Å². The summed E-state index contributed by atoms with van der Waals surface area (Å²) in [6.45, 7) is 2.26. The summed E-state index contributed by atoms with van der Waals surface area (Å²) in [5.74, 6) is 1.76. The summed E-state index contributed by atoms with van der Waals surface area (Å²) < 4.78 is 5.96. The van der Waals surface area contributed by atoms with Crippen molar-refractivity contribution in [3.05, 3.63) is 23.6 Å². The van der Waals surface area contributed by atoms with Gasteiger partial charge in [0.05, 0.1) is 5.70 Å². The summed E-state index contributed by atoms with van der Waals surface area (Å²) in [7, 11) is 0. The fourth-order valence-electron chi connectivity index (χ4n) is 2.59. The third kappa shape index (κ3) is 1.76. The summed E-state index contributed by atoms with van der Waals surface area (Å²) in [5.41, 5.74) is 1.32. The maximum absolute atomic E-state index is 5.96. The fraction of sp³-hybridized carbons (Fsp3) is 0.667. The van der Waals surface area contributed by atoms with E-state index in [0.717, 1.165) is 31.7 Å². The van der Waals surface area contributed by atoms with Gasteiger partial charge in [0, 0.05) is 5.92 Å². The van der Waals surface area contributed by atoms with E-state index in [0.29, 0.717) is 5.92 Å². The highest BCUT2D eigenvalue weighted by Gasteiger charge is 2.31. The number of piperidine rings is 1. The number of allylic oxidation sites excluding steroid dienone is 3. The number of hydrogen-bond acceptors (Lipinski definition) is 3. The van der Waals surface area contributed by atoms with Crippen LogP contribution >= 0.6 is 0 Å². The van der Waals surface area contributed by atoms with Gasteiger partial charge in [-0.2, -0.15) is 0 Å². The monoisotopic (exact) mass is 206 g/mol. The lowest BCUT2D eigenvalue weighted by Crippen LogP contribution is -2.39. The molecule has 0 spiro atoms. The van der Waals surface area contributed by atoms with Crippen LogP contribution in [0, 0.1) is 5.92 Å². The Balaban J connectivity index is 1.65. The molecule has 1 atom stereocenters. The predicted octanol–water partition coefficient (Wildman–Crippen LogP) is 1.49. The van der Waals surface area contributed by atoms with Crippen LogP contribution in [0.15, 0.2) is 23.6 Å². The SMILES string of the molecule is C1=CC2=C(CC1)NC(C1CCNCC1)O2. The molecule has 0 radical (unpaired) electrons. The molecule has 1 aliphatic carbocycles. The minimum atomic E-state index is 0.236. The van der Waals surface area contributed by atoms with Crippen LogP contribution in [0.1, 0.15) is 25.7 Å². The van der Waals surface area contributed by atoms with Crippen molar-refractivity contribution in [2.24, 2.45) is 5.92 Å². The van der Waals surface area contributed by atoms with Crippen LogP contribution in [0.2, 0.25) is 0 Å². The van der Waals surface area contributed by atoms with Gasteiger partial charge in [-0.15, -0.1) is 0 Å². The zero-order valence-corrected chi connectivity index (χ0v) is 8.96. The molecule has 15 heavy (non-hydrogen) atoms. The summed E-state index contributed by atoms with van der Waals surface area (Å²) in [6.07, 6.45) is 9.27. The molecular weight excluding hydrogens is 188 g/mol. The molecule has 0 amide bonds. The lowest BCUT2D eigenvalue weighted by Gasteiger charge is -2.28. The Morgan fingerprint density at radius 1 is 1.27 bits per heavy atom. The van der Waals surface area contributed by atoms with Gasteiger partial charge in [-0.3, -0.25) is 0 Å². The van der Waals surface area contributed by atoms with E-state index >= 15 is 0 Å². The van der Waals surface area contributed by atoms with E-state index < -0.39 is 0 Å². The van der Waals surface area contributed by atoms with Crippen molar-refractivity contribution < 1.29 is 4.74 Å². The van der Waals surface area contributed by atoms with E-state index in [-0.39, 0.29) is 6.23 Å². The smallest absolute Gasteiger partial charge is 0.172 e. The van der Waals surface area contributed by atoms with E-state index in [4.69, 9.17) is 4.74 Å². The molecule has 2 heterocycles. The van der Waals surface area contributed by atoms with Crippen LogP contribution in [0.3, 0.4) is 0 Å². The molecule has 1 fully saturated rings. The van der Waals surface area contributed by atoms with E-state index in [1.807, 2.05) is 0 Å². The Morgan fingerprint density at radius 3 is 2.93 bits per heavy atom. The van der Waals surface area contributed by atoms with Gasteiger partial charge in [-0.05, 0) is 44.8 Å². The van der Waals surface area contributed by atoms with Gasteiger partial charge < -0.3 is 15.4 Å². The molecule has 3 nitrogen and oxygen atoms in total. The quantitative estimate of drug-likeness (QED) is 0.682. The first-order valence-corrected chi connectivity index (χ1v) is 5.97. The summed E-state index contributed by atoms with van der Waals surface area (Å²) in [6, 6.07) is 0. The van der Waals surface area contributed by atoms with Crippen molar-refractivity contribution in [2.45, 2.75) is 31.9 Å². The highest BCUT2D eigenvalue weighted by molar-refractivity contribution is 5.27. The van der Waals surface area contributed by atoms with E-state index in [1.54, 1.807) is 0 Å². The van der Waals surface area contributed by atoms with Gasteiger partial charge in [0.2, 0.25) is 0 Å². The standard InChI is InChI=1S/C12H18N2O/c1-2-4-11-10(3-1)14-12(15-11)9-5-7-13-8-6-9/h2,4,9,12-14H,1,3,5-8H2. The van der Waals surface area contributed by atoms with Gasteiger partial charge in [0.15, 0.2) is 6.23 Å². The zero-order chi connectivity index (χ0) is 10.1. The average Bonchev–Trinajstić information content (AvgIpc) is 2.74. The second kappa shape index (κ2) is 3.89. The number of ether oxygens (including phenoxy) is 1. The van der Waals surface area contributed by atoms with Crippen LogP contribution in [0.4, 0.5) is 0 Å². The number of rotatable bonds is 1. The van der Waals surface area contributed by atoms with Crippen molar-refractivity contribution in [1.82, 2.24) is 10.6 Å². The molecule has 3 aliphatic rings. The van der Waals surface area contributed by atoms with Gasteiger partial charge in [-0.1, -0.05) is 6.08 Å². The first-order chi connectivity index (χ1) is 7.43. The third-order valence-electron chi connectivity index (χ3n) is 3.51. The van der Waals surface area contributed by atoms with E-state index in [1.165, 1.54) is 18.5 Å². The Hall–Kier alpha value is -0.960. The first kappa shape index (κ1) is 9.28. The molecule has 0 bridgehead atoms. The maximum Gasteiger partial charge on any atom is 0.172 e. The molecular formula is C12H18N2O. The van der Waals surface area contributed by atoms with E-state index in [2.05, 4.69) is 22.8 Å². The molecule has 2 N–H and O–H groups in total. The largest absolute Gasteiger partial charge is 0.469 e. The first-order valence-electron chi connectivity index (χ1n) is 5.97.